The lowest BCUT2D eigenvalue weighted by molar-refractivity contribution is -0.385. The SMILES string of the molecule is O=C(NCC1CCC(O)C1)c1ccc(Br)c([N+](=O)[O-])c1. The maximum Gasteiger partial charge on any atom is 0.284 e. The second kappa shape index (κ2) is 6.32. The molecule has 0 bridgehead atoms. The van der Waals surface area contributed by atoms with Crippen LogP contribution in [0.1, 0.15) is 29.6 Å². The minimum atomic E-state index is -0.534. The summed E-state index contributed by atoms with van der Waals surface area (Å²) in [4.78, 5) is 22.2. The van der Waals surface area contributed by atoms with Gasteiger partial charge >= 0.3 is 0 Å². The van der Waals surface area contributed by atoms with Gasteiger partial charge in [-0.05, 0) is 53.2 Å². The van der Waals surface area contributed by atoms with Crippen LogP contribution in [0.5, 0.6) is 0 Å². The number of nitro groups is 1. The Morgan fingerprint density at radius 2 is 2.25 bits per heavy atom. The predicted octanol–water partition coefficient (Wildman–Crippen LogP) is 2.25. The smallest absolute Gasteiger partial charge is 0.284 e. The van der Waals surface area contributed by atoms with Crippen molar-refractivity contribution in [3.63, 3.8) is 0 Å². The number of amides is 1. The zero-order valence-electron chi connectivity index (χ0n) is 10.7. The Balaban J connectivity index is 1.99. The first-order chi connectivity index (χ1) is 9.47. The number of nitrogens with zero attached hydrogens (tertiary/aromatic N) is 1. The summed E-state index contributed by atoms with van der Waals surface area (Å²) >= 11 is 3.08. The van der Waals surface area contributed by atoms with Gasteiger partial charge in [-0.3, -0.25) is 14.9 Å². The van der Waals surface area contributed by atoms with E-state index in [0.717, 1.165) is 12.8 Å². The van der Waals surface area contributed by atoms with E-state index >= 15 is 0 Å². The number of nitrogens with one attached hydrogen (secondary N) is 1. The Morgan fingerprint density at radius 3 is 2.85 bits per heavy atom. The first-order valence-corrected chi connectivity index (χ1v) is 7.17. The van der Waals surface area contributed by atoms with Gasteiger partial charge in [0.2, 0.25) is 0 Å². The van der Waals surface area contributed by atoms with Crippen molar-refractivity contribution >= 4 is 27.5 Å². The van der Waals surface area contributed by atoms with Gasteiger partial charge in [-0.25, -0.2) is 0 Å². The molecule has 0 saturated heterocycles. The van der Waals surface area contributed by atoms with Crippen molar-refractivity contribution in [1.82, 2.24) is 5.32 Å². The normalized spacial score (nSPS) is 21.7. The molecule has 7 heteroatoms. The molecule has 1 saturated carbocycles. The standard InChI is InChI=1S/C13H15BrN2O4/c14-11-4-2-9(6-12(11)16(19)20)13(18)15-7-8-1-3-10(17)5-8/h2,4,6,8,10,17H,1,3,5,7H2,(H,15,18). The summed E-state index contributed by atoms with van der Waals surface area (Å²) in [5.74, 6) is -0.0543. The number of hydrogen-bond acceptors (Lipinski definition) is 4. The Kier molecular flexibility index (Phi) is 4.72. The third-order valence-electron chi connectivity index (χ3n) is 3.47. The van der Waals surface area contributed by atoms with Gasteiger partial charge in [0.25, 0.3) is 11.6 Å². The van der Waals surface area contributed by atoms with Crippen LogP contribution in [0.2, 0.25) is 0 Å². The maximum atomic E-state index is 12.0. The van der Waals surface area contributed by atoms with Crippen molar-refractivity contribution in [3.05, 3.63) is 38.3 Å². The van der Waals surface area contributed by atoms with Crippen molar-refractivity contribution in [1.29, 1.82) is 0 Å². The van der Waals surface area contributed by atoms with Gasteiger partial charge in [-0.15, -0.1) is 0 Å². The molecule has 1 amide bonds. The number of benzene rings is 1. The van der Waals surface area contributed by atoms with Crippen LogP contribution in [0.25, 0.3) is 0 Å². The van der Waals surface area contributed by atoms with Crippen LogP contribution in [0.4, 0.5) is 5.69 Å². The number of aliphatic hydroxyl groups excluding tert-OH is 1. The van der Waals surface area contributed by atoms with Crippen molar-refractivity contribution in [2.24, 2.45) is 5.92 Å². The Hall–Kier alpha value is -1.47. The van der Waals surface area contributed by atoms with E-state index in [4.69, 9.17) is 0 Å². The highest BCUT2D eigenvalue weighted by Crippen LogP contribution is 2.26. The molecule has 0 heterocycles. The molecule has 1 aromatic carbocycles. The molecule has 2 atom stereocenters. The molecule has 0 aliphatic heterocycles. The second-order valence-corrected chi connectivity index (χ2v) is 5.82. The molecule has 2 unspecified atom stereocenters. The number of nitro benzene ring substituents is 1. The largest absolute Gasteiger partial charge is 0.393 e. The third-order valence-corrected chi connectivity index (χ3v) is 4.14. The Labute approximate surface area is 124 Å². The third kappa shape index (κ3) is 3.55. The van der Waals surface area contributed by atoms with Crippen molar-refractivity contribution < 1.29 is 14.8 Å². The molecule has 0 aromatic heterocycles. The van der Waals surface area contributed by atoms with Crippen molar-refractivity contribution in [3.8, 4) is 0 Å². The lowest BCUT2D eigenvalue weighted by atomic mass is 10.1. The fraction of sp³-hybridized carbons (Fsp3) is 0.462. The van der Waals surface area contributed by atoms with Crippen LogP contribution in [0.3, 0.4) is 0 Å². The van der Waals surface area contributed by atoms with E-state index in [2.05, 4.69) is 21.2 Å². The van der Waals surface area contributed by atoms with Crippen molar-refractivity contribution in [2.75, 3.05) is 6.54 Å². The highest BCUT2D eigenvalue weighted by Gasteiger charge is 2.23. The number of rotatable bonds is 4. The van der Waals surface area contributed by atoms with Crippen LogP contribution in [0.15, 0.2) is 22.7 Å². The lowest BCUT2D eigenvalue weighted by Gasteiger charge is -2.11. The van der Waals surface area contributed by atoms with Gasteiger partial charge in [0.05, 0.1) is 15.5 Å². The molecule has 2 N–H and O–H groups in total. The molecule has 1 fully saturated rings. The van der Waals surface area contributed by atoms with E-state index in [1.165, 1.54) is 18.2 Å². The summed E-state index contributed by atoms with van der Waals surface area (Å²) in [5, 5.41) is 23.0. The molecule has 1 aliphatic rings. The molecule has 6 nitrogen and oxygen atoms in total. The molecule has 0 radical (unpaired) electrons. The van der Waals surface area contributed by atoms with E-state index in [-0.39, 0.29) is 29.2 Å². The molecular formula is C13H15BrN2O4. The minimum absolute atomic E-state index is 0.131. The van der Waals surface area contributed by atoms with Gasteiger partial charge in [-0.1, -0.05) is 0 Å². The summed E-state index contributed by atoms with van der Waals surface area (Å²) in [5.41, 5.74) is 0.132. The monoisotopic (exact) mass is 342 g/mol. The fourth-order valence-corrected chi connectivity index (χ4v) is 2.76. The van der Waals surface area contributed by atoms with Gasteiger partial charge in [0.1, 0.15) is 0 Å². The average molecular weight is 343 g/mol. The topological polar surface area (TPSA) is 92.5 Å². The first kappa shape index (κ1) is 14.9. The van der Waals surface area contributed by atoms with Crippen LogP contribution < -0.4 is 5.32 Å². The molecule has 1 aromatic rings. The molecule has 20 heavy (non-hydrogen) atoms. The zero-order valence-corrected chi connectivity index (χ0v) is 12.3. The van der Waals surface area contributed by atoms with Crippen LogP contribution in [-0.4, -0.2) is 28.6 Å². The summed E-state index contributed by atoms with van der Waals surface area (Å²) in [6, 6.07) is 4.28. The van der Waals surface area contributed by atoms with E-state index in [1.54, 1.807) is 0 Å². The highest BCUT2D eigenvalue weighted by molar-refractivity contribution is 9.10. The zero-order chi connectivity index (χ0) is 14.7. The van der Waals surface area contributed by atoms with Crippen LogP contribution in [-0.2, 0) is 0 Å². The summed E-state index contributed by atoms with van der Waals surface area (Å²) in [7, 11) is 0. The highest BCUT2D eigenvalue weighted by atomic mass is 79.9. The first-order valence-electron chi connectivity index (χ1n) is 6.37. The number of hydrogen-bond donors (Lipinski definition) is 2. The average Bonchev–Trinajstić information content (AvgIpc) is 2.82. The van der Waals surface area contributed by atoms with Crippen LogP contribution >= 0.6 is 15.9 Å². The number of carbonyl (C=O) groups is 1. The van der Waals surface area contributed by atoms with E-state index in [9.17, 15) is 20.0 Å². The summed E-state index contributed by atoms with van der Waals surface area (Å²) in [6.07, 6.45) is 2.08. The van der Waals surface area contributed by atoms with Gasteiger partial charge in [0, 0.05) is 18.2 Å². The van der Waals surface area contributed by atoms with Gasteiger partial charge in [-0.2, -0.15) is 0 Å². The van der Waals surface area contributed by atoms with Gasteiger partial charge < -0.3 is 10.4 Å². The van der Waals surface area contributed by atoms with E-state index < -0.39 is 4.92 Å². The molecule has 0 spiro atoms. The van der Waals surface area contributed by atoms with Crippen LogP contribution in [0, 0.1) is 16.0 Å². The summed E-state index contributed by atoms with van der Waals surface area (Å²) in [6.45, 7) is 0.486. The fourth-order valence-electron chi connectivity index (χ4n) is 2.37. The van der Waals surface area contributed by atoms with E-state index in [0.29, 0.717) is 17.4 Å². The molecule has 1 aliphatic carbocycles. The quantitative estimate of drug-likeness (QED) is 0.648. The maximum absolute atomic E-state index is 12.0. The van der Waals surface area contributed by atoms with Gasteiger partial charge in [0.15, 0.2) is 0 Å². The molecule has 108 valence electrons. The Bertz CT molecular complexity index is 535. The number of aliphatic hydroxyl groups is 1. The van der Waals surface area contributed by atoms with Crippen molar-refractivity contribution in [2.45, 2.75) is 25.4 Å². The minimum Gasteiger partial charge on any atom is -0.393 e. The molecule has 2 rings (SSSR count). The summed E-state index contributed by atoms with van der Waals surface area (Å²) < 4.78 is 0.345. The predicted molar refractivity (Wildman–Crippen MR) is 76.5 cm³/mol. The second-order valence-electron chi connectivity index (χ2n) is 4.97. The van der Waals surface area contributed by atoms with E-state index in [1.807, 2.05) is 0 Å². The molecular weight excluding hydrogens is 328 g/mol. The lowest BCUT2D eigenvalue weighted by Crippen LogP contribution is -2.28. The Morgan fingerprint density at radius 1 is 1.50 bits per heavy atom. The number of halogens is 1. The number of carbonyl (C=O) groups excluding carboxylic acids is 1.